The lowest BCUT2D eigenvalue weighted by molar-refractivity contribution is -0.129. The normalized spacial score (nSPS) is 19.1. The van der Waals surface area contributed by atoms with E-state index >= 15 is 0 Å². The Morgan fingerprint density at radius 3 is 2.88 bits per heavy atom. The van der Waals surface area contributed by atoms with Gasteiger partial charge in [-0.2, -0.15) is 0 Å². The molecule has 33 heavy (non-hydrogen) atoms. The first kappa shape index (κ1) is 24.0. The van der Waals surface area contributed by atoms with E-state index in [4.69, 9.17) is 23.2 Å². The van der Waals surface area contributed by atoms with E-state index < -0.39 is 6.04 Å². The van der Waals surface area contributed by atoms with Crippen LogP contribution in [0.2, 0.25) is 9.36 Å². The molecule has 3 aromatic rings. The molecule has 1 fully saturated rings. The van der Waals surface area contributed by atoms with Crippen molar-refractivity contribution in [3.63, 3.8) is 0 Å². The van der Waals surface area contributed by atoms with Gasteiger partial charge in [0, 0.05) is 36.2 Å². The van der Waals surface area contributed by atoms with Gasteiger partial charge in [0.1, 0.15) is 11.7 Å². The molecule has 1 aliphatic rings. The van der Waals surface area contributed by atoms with Gasteiger partial charge in [0.25, 0.3) is 0 Å². The number of hydrogen-bond donors (Lipinski definition) is 3. The average molecular weight is 508 g/mol. The summed E-state index contributed by atoms with van der Waals surface area (Å²) < 4.78 is 2.68. The third kappa shape index (κ3) is 5.51. The molecule has 0 bridgehead atoms. The number of halogens is 2. The van der Waals surface area contributed by atoms with E-state index in [2.05, 4.69) is 27.0 Å². The Labute approximate surface area is 206 Å². The zero-order valence-electron chi connectivity index (χ0n) is 18.7. The van der Waals surface area contributed by atoms with Crippen LogP contribution in [0, 0.1) is 12.8 Å². The molecule has 10 heteroatoms. The highest BCUT2D eigenvalue weighted by Gasteiger charge is 2.31. The highest BCUT2D eigenvalue weighted by molar-refractivity contribution is 7.16. The predicted molar refractivity (Wildman–Crippen MR) is 133 cm³/mol. The SMILES string of the molecule is Cc1cc(C[C@@H]2CN[C@@H](C(=O)N[C@@H](C)C(=O)NCc3cnc4c(c3)c(Cl)cn4C)C2)sc1Cl. The van der Waals surface area contributed by atoms with Crippen LogP contribution >= 0.6 is 34.5 Å². The van der Waals surface area contributed by atoms with Gasteiger partial charge in [0.15, 0.2) is 0 Å². The van der Waals surface area contributed by atoms with Crippen LogP contribution < -0.4 is 16.0 Å². The molecule has 176 valence electrons. The van der Waals surface area contributed by atoms with Crippen molar-refractivity contribution in [1.82, 2.24) is 25.5 Å². The molecule has 3 N–H and O–H groups in total. The molecule has 4 heterocycles. The van der Waals surface area contributed by atoms with Crippen molar-refractivity contribution in [2.75, 3.05) is 6.54 Å². The Bertz CT molecular complexity index is 1170. The van der Waals surface area contributed by atoms with Crippen molar-refractivity contribution in [2.24, 2.45) is 13.0 Å². The van der Waals surface area contributed by atoms with E-state index in [1.807, 2.05) is 24.6 Å². The second kappa shape index (κ2) is 10.0. The molecule has 0 spiro atoms. The summed E-state index contributed by atoms with van der Waals surface area (Å²) in [4.78, 5) is 30.9. The minimum absolute atomic E-state index is 0.153. The van der Waals surface area contributed by atoms with Crippen LogP contribution in [0.3, 0.4) is 0 Å². The molecular formula is C23H27Cl2N5O2S. The van der Waals surface area contributed by atoms with Gasteiger partial charge >= 0.3 is 0 Å². The summed E-state index contributed by atoms with van der Waals surface area (Å²) in [6.45, 7) is 4.76. The van der Waals surface area contributed by atoms with E-state index in [9.17, 15) is 9.59 Å². The first-order valence-corrected chi connectivity index (χ1v) is 12.4. The van der Waals surface area contributed by atoms with Crippen LogP contribution in [0.25, 0.3) is 11.0 Å². The smallest absolute Gasteiger partial charge is 0.242 e. The number of nitrogens with one attached hydrogen (secondary N) is 3. The summed E-state index contributed by atoms with van der Waals surface area (Å²) in [6.07, 6.45) is 5.15. The summed E-state index contributed by atoms with van der Waals surface area (Å²) >= 11 is 14.0. The number of amides is 2. The van der Waals surface area contributed by atoms with Crippen molar-refractivity contribution in [1.29, 1.82) is 0 Å². The monoisotopic (exact) mass is 507 g/mol. The van der Waals surface area contributed by atoms with E-state index in [1.54, 1.807) is 30.7 Å². The third-order valence-corrected chi connectivity index (χ3v) is 7.86. The third-order valence-electron chi connectivity index (χ3n) is 5.98. The van der Waals surface area contributed by atoms with Crippen LogP contribution in [-0.4, -0.2) is 40.0 Å². The number of fused-ring (bicyclic) bond motifs is 1. The molecule has 3 atom stereocenters. The Hall–Kier alpha value is -2.13. The lowest BCUT2D eigenvalue weighted by Gasteiger charge is -2.17. The molecule has 1 aliphatic heterocycles. The number of aryl methyl sites for hydroxylation is 2. The van der Waals surface area contributed by atoms with E-state index in [0.29, 0.717) is 17.5 Å². The van der Waals surface area contributed by atoms with Crippen molar-refractivity contribution in [2.45, 2.75) is 45.3 Å². The average Bonchev–Trinajstić information content (AvgIpc) is 3.44. The van der Waals surface area contributed by atoms with Crippen LogP contribution in [0.1, 0.15) is 29.3 Å². The molecule has 0 unspecified atom stereocenters. The van der Waals surface area contributed by atoms with Crippen molar-refractivity contribution in [3.05, 3.63) is 49.9 Å². The Balaban J connectivity index is 1.25. The number of rotatable bonds is 7. The minimum Gasteiger partial charge on any atom is -0.350 e. The van der Waals surface area contributed by atoms with Crippen LogP contribution in [-0.2, 0) is 29.6 Å². The summed E-state index contributed by atoms with van der Waals surface area (Å²) in [5.74, 6) is -0.0354. The zero-order chi connectivity index (χ0) is 23.7. The Morgan fingerprint density at radius 1 is 1.36 bits per heavy atom. The Morgan fingerprint density at radius 2 is 2.15 bits per heavy atom. The van der Waals surface area contributed by atoms with Gasteiger partial charge in [0.2, 0.25) is 11.8 Å². The van der Waals surface area contributed by atoms with Gasteiger partial charge in [-0.15, -0.1) is 11.3 Å². The largest absolute Gasteiger partial charge is 0.350 e. The number of aromatic nitrogens is 2. The number of carbonyl (C=O) groups is 2. The van der Waals surface area contributed by atoms with E-state index in [0.717, 1.165) is 45.9 Å². The summed E-state index contributed by atoms with van der Waals surface area (Å²) in [6, 6.07) is 3.09. The number of carbonyl (C=O) groups excluding carboxylic acids is 2. The molecule has 7 nitrogen and oxygen atoms in total. The van der Waals surface area contributed by atoms with E-state index in [-0.39, 0.29) is 17.9 Å². The first-order chi connectivity index (χ1) is 15.7. The number of thiophene rings is 1. The van der Waals surface area contributed by atoms with Gasteiger partial charge in [0.05, 0.1) is 15.4 Å². The van der Waals surface area contributed by atoms with Crippen LogP contribution in [0.5, 0.6) is 0 Å². The fourth-order valence-electron chi connectivity index (χ4n) is 4.15. The van der Waals surface area contributed by atoms with Crippen molar-refractivity contribution >= 4 is 57.4 Å². The molecule has 0 saturated carbocycles. The van der Waals surface area contributed by atoms with Crippen molar-refractivity contribution in [3.8, 4) is 0 Å². The van der Waals surface area contributed by atoms with Gasteiger partial charge in [-0.25, -0.2) is 4.98 Å². The second-order valence-electron chi connectivity index (χ2n) is 8.69. The maximum absolute atomic E-state index is 12.7. The zero-order valence-corrected chi connectivity index (χ0v) is 21.1. The first-order valence-electron chi connectivity index (χ1n) is 10.9. The fourth-order valence-corrected chi connectivity index (χ4v) is 5.79. The Kier molecular flexibility index (Phi) is 7.28. The lowest BCUT2D eigenvalue weighted by atomic mass is 10.0. The van der Waals surface area contributed by atoms with E-state index in [1.165, 1.54) is 4.88 Å². The fraction of sp³-hybridized carbons (Fsp3) is 0.435. The summed E-state index contributed by atoms with van der Waals surface area (Å²) in [5.41, 5.74) is 2.72. The molecular weight excluding hydrogens is 481 g/mol. The minimum atomic E-state index is -0.644. The molecule has 1 saturated heterocycles. The van der Waals surface area contributed by atoms with Crippen molar-refractivity contribution < 1.29 is 9.59 Å². The predicted octanol–water partition coefficient (Wildman–Crippen LogP) is 3.59. The molecule has 2 amide bonds. The maximum Gasteiger partial charge on any atom is 0.242 e. The molecule has 0 aromatic carbocycles. The molecule has 0 radical (unpaired) electrons. The van der Waals surface area contributed by atoms with Gasteiger partial charge in [-0.3, -0.25) is 9.59 Å². The van der Waals surface area contributed by atoms with Crippen LogP contribution in [0.4, 0.5) is 0 Å². The quantitative estimate of drug-likeness (QED) is 0.455. The summed E-state index contributed by atoms with van der Waals surface area (Å²) in [7, 11) is 1.88. The van der Waals surface area contributed by atoms with Gasteiger partial charge in [-0.1, -0.05) is 23.2 Å². The summed E-state index contributed by atoms with van der Waals surface area (Å²) in [5, 5.41) is 10.4. The lowest BCUT2D eigenvalue weighted by Crippen LogP contribution is -2.49. The number of pyridine rings is 1. The van der Waals surface area contributed by atoms with Gasteiger partial charge in [-0.05, 0) is 62.4 Å². The highest BCUT2D eigenvalue weighted by atomic mass is 35.5. The second-order valence-corrected chi connectivity index (χ2v) is 10.8. The highest BCUT2D eigenvalue weighted by Crippen LogP contribution is 2.30. The van der Waals surface area contributed by atoms with Gasteiger partial charge < -0.3 is 20.5 Å². The number of hydrogen-bond acceptors (Lipinski definition) is 5. The molecule has 4 rings (SSSR count). The van der Waals surface area contributed by atoms with Crippen LogP contribution in [0.15, 0.2) is 24.5 Å². The maximum atomic E-state index is 12.7. The molecule has 0 aliphatic carbocycles. The standard InChI is InChI=1S/C23H27Cl2N5O2S/c1-12-4-16(33-20(12)25)5-14-7-19(26-8-14)23(32)29-13(2)22(31)28-10-15-6-17-18(24)11-30(3)21(17)27-9-15/h4,6,9,11,13-14,19,26H,5,7-8,10H2,1-3H3,(H,28,31)(H,29,32)/t13-,14-,19+/m0/s1. The topological polar surface area (TPSA) is 88.1 Å². The molecule has 3 aromatic heterocycles. The number of nitrogens with zero attached hydrogens (tertiary/aromatic N) is 2.